The molecule has 0 aromatic rings. The Morgan fingerprint density at radius 3 is 0.619 bits per heavy atom. The van der Waals surface area contributed by atoms with E-state index in [9.17, 15) is 0 Å². The van der Waals surface area contributed by atoms with Crippen molar-refractivity contribution in [2.24, 2.45) is 0 Å². The van der Waals surface area contributed by atoms with Gasteiger partial charge < -0.3 is 0 Å². The second kappa shape index (κ2) is 777. The summed E-state index contributed by atoms with van der Waals surface area (Å²) in [5.74, 6) is 0. The first-order valence-corrected chi connectivity index (χ1v) is 13.6. The Morgan fingerprint density at radius 1 is 0.571 bits per heavy atom. The van der Waals surface area contributed by atoms with Crippen LogP contribution >= 0.6 is 37.2 Å². The van der Waals surface area contributed by atoms with Crippen LogP contribution in [0.25, 0.3) is 0 Å². The van der Waals surface area contributed by atoms with Crippen LogP contribution in [0.15, 0.2) is 0 Å². The molecule has 0 aliphatic rings. The lowest BCUT2D eigenvalue weighted by Crippen LogP contribution is -1.74. The van der Waals surface area contributed by atoms with Gasteiger partial charge in [0.15, 0.2) is 0 Å². The molecule has 0 fully saturated rings. The average Bonchev–Trinajstić information content (AvgIpc) is 2.60. The van der Waals surface area contributed by atoms with Gasteiger partial charge in [0.25, 0.3) is 0 Å². The van der Waals surface area contributed by atoms with E-state index in [-0.39, 0.29) is 22.3 Å². The Labute approximate surface area is 165 Å². The summed E-state index contributed by atoms with van der Waals surface area (Å²) in [7, 11) is 0. The molecule has 0 rings (SSSR count). The molecule has 0 unspecified atom stereocenters. The fourth-order valence-corrected chi connectivity index (χ4v) is 0. The van der Waals surface area contributed by atoms with E-state index in [0.29, 0.717) is 6.61 Å². The summed E-state index contributed by atoms with van der Waals surface area (Å²) >= 11 is 4.24. The number of rotatable bonds is 1. The van der Waals surface area contributed by atoms with Crippen LogP contribution < -0.4 is 0 Å². The van der Waals surface area contributed by atoms with Gasteiger partial charge in [0.2, 0.25) is 0 Å². The molecule has 0 radical (unpaired) electrons. The van der Waals surface area contributed by atoms with Crippen molar-refractivity contribution in [2.75, 3.05) is 6.61 Å². The maximum absolute atomic E-state index is 7.38. The van der Waals surface area contributed by atoms with E-state index in [0.717, 1.165) is 0 Å². The molecule has 0 saturated heterocycles. The lowest BCUT2D eigenvalue weighted by molar-refractivity contribution is -0.237. The Hall–Kier alpha value is 1.38. The van der Waals surface area contributed by atoms with E-state index in [2.05, 4.69) is 42.1 Å². The van der Waals surface area contributed by atoms with Gasteiger partial charge in [-0.05, 0) is 6.92 Å². The van der Waals surface area contributed by atoms with Crippen molar-refractivity contribution < 1.29 is 10.1 Å². The van der Waals surface area contributed by atoms with Crippen LogP contribution in [-0.4, -0.2) is 11.9 Å². The first kappa shape index (κ1) is 79.0. The van der Waals surface area contributed by atoms with E-state index >= 15 is 0 Å². The van der Waals surface area contributed by atoms with Crippen molar-refractivity contribution in [2.45, 2.75) is 112 Å². The van der Waals surface area contributed by atoms with Crippen LogP contribution in [0.1, 0.15) is 112 Å². The quantitative estimate of drug-likeness (QED) is 0.202. The molecule has 0 bridgehead atoms. The lowest BCUT2D eigenvalue weighted by atomic mass is 10.9. The van der Waals surface area contributed by atoms with Crippen LogP contribution in [0.3, 0.4) is 0 Å². The van der Waals surface area contributed by atoms with Crippen molar-refractivity contribution >= 4 is 37.2 Å². The zero-order valence-corrected chi connectivity index (χ0v) is 19.6. The van der Waals surface area contributed by atoms with Gasteiger partial charge >= 0.3 is 0 Å². The van der Waals surface area contributed by atoms with E-state index in [1.54, 1.807) is 6.92 Å². The van der Waals surface area contributed by atoms with E-state index in [4.69, 9.17) is 5.26 Å². The van der Waals surface area contributed by atoms with Gasteiger partial charge in [0.1, 0.15) is 0 Å². The van der Waals surface area contributed by atoms with Crippen LogP contribution in [0.5, 0.6) is 0 Å². The minimum Gasteiger partial charge on any atom is -0.252 e. The smallest absolute Gasteiger partial charge is 0.0791 e. The van der Waals surface area contributed by atoms with Gasteiger partial charge in [0.05, 0.1) is 6.61 Å². The molecule has 0 aromatic carbocycles. The van der Waals surface area contributed by atoms with Gasteiger partial charge in [-0.1, -0.05) is 105 Å². The van der Waals surface area contributed by atoms with Gasteiger partial charge in [-0.2, -0.15) is 0 Å². The Bertz CT molecular complexity index is 20.8. The normalized spacial score (nSPS) is 3.43. The van der Waals surface area contributed by atoms with E-state index < -0.39 is 0 Å². The average molecular weight is 544 g/mol. The molecule has 0 aromatic heterocycles. The third-order valence-corrected chi connectivity index (χ3v) is 0.129. The summed E-state index contributed by atoms with van der Waals surface area (Å²) in [6.07, 6.45) is 0. The third kappa shape index (κ3) is 1420. The molecular weight excluding hydrogens is 490 g/mol. The first-order valence-electron chi connectivity index (χ1n) is 7.32. The topological polar surface area (TPSA) is 29.5 Å². The van der Waals surface area contributed by atoms with Crippen LogP contribution in [0.2, 0.25) is 0 Å². The molecule has 0 aliphatic carbocycles. The predicted molar refractivity (Wildman–Crippen MR) is 131 cm³/mol. The van der Waals surface area contributed by atoms with Crippen molar-refractivity contribution in [1.29, 1.82) is 0 Å². The van der Waals surface area contributed by atoms with Crippen LogP contribution in [0.4, 0.5) is 0 Å². The SMILES string of the molecule is C.C.C.CC.CC.CC.CC.CC.CC.CCOO.II. The monoisotopic (exact) mass is 544 g/mol. The highest BCUT2D eigenvalue weighted by Crippen LogP contribution is 1.89. The molecule has 0 heterocycles. The summed E-state index contributed by atoms with van der Waals surface area (Å²) < 4.78 is 0. The minimum atomic E-state index is 0. The second-order valence-electron chi connectivity index (χ2n) is 0.418. The molecule has 0 saturated carbocycles. The summed E-state index contributed by atoms with van der Waals surface area (Å²) in [5.41, 5.74) is 0. The van der Waals surface area contributed by atoms with Crippen LogP contribution in [0, 0.1) is 0 Å². The second-order valence-corrected chi connectivity index (χ2v) is 0.418. The summed E-state index contributed by atoms with van der Waals surface area (Å²) in [6, 6.07) is 0. The molecule has 2 nitrogen and oxygen atoms in total. The molecule has 0 spiro atoms. The van der Waals surface area contributed by atoms with Gasteiger partial charge in [0, 0.05) is 37.2 Å². The van der Waals surface area contributed by atoms with Crippen LogP contribution in [-0.2, 0) is 4.89 Å². The Morgan fingerprint density at radius 2 is 0.619 bits per heavy atom. The van der Waals surface area contributed by atoms with E-state index in [1.165, 1.54) is 0 Å². The highest BCUT2D eigenvalue weighted by Gasteiger charge is 1.54. The zero-order chi connectivity index (χ0) is 17.4. The molecule has 4 heteroatoms. The van der Waals surface area contributed by atoms with Crippen molar-refractivity contribution in [3.05, 3.63) is 0 Å². The largest absolute Gasteiger partial charge is 0.252 e. The third-order valence-electron chi connectivity index (χ3n) is 0.129. The summed E-state index contributed by atoms with van der Waals surface area (Å²) in [6.45, 7) is 26.1. The highest BCUT2D eigenvalue weighted by atomic mass is 128. The van der Waals surface area contributed by atoms with Crippen molar-refractivity contribution in [1.82, 2.24) is 0 Å². The highest BCUT2D eigenvalue weighted by molar-refractivity contribution is 15.0. The molecular formula is C17H54I2O2. The molecule has 148 valence electrons. The molecule has 21 heavy (non-hydrogen) atoms. The van der Waals surface area contributed by atoms with Gasteiger partial charge in [-0.3, -0.25) is 5.26 Å². The van der Waals surface area contributed by atoms with E-state index in [1.807, 2.05) is 83.1 Å². The van der Waals surface area contributed by atoms with Gasteiger partial charge in [-0.25, -0.2) is 4.89 Å². The van der Waals surface area contributed by atoms with Gasteiger partial charge in [-0.15, -0.1) is 0 Å². The fraction of sp³-hybridized carbons (Fsp3) is 1.00. The predicted octanol–water partition coefficient (Wildman–Crippen LogP) is 10.3. The zero-order valence-electron chi connectivity index (χ0n) is 15.3. The first-order chi connectivity index (χ1) is 8.91. The maximum atomic E-state index is 7.38. The molecule has 0 aliphatic heterocycles. The Balaban J connectivity index is -0.00000000605. The number of hydrogen-bond donors (Lipinski definition) is 1. The standard InChI is InChI=1S/C2H6O2.6C2H6.3CH4.I2/c1-2-4-3;6*1-2;;;;1-2/h3H,2H2,1H3;6*1-2H3;3*1H4;. The number of halogens is 2. The maximum Gasteiger partial charge on any atom is 0.0791 e. The number of hydrogen-bond acceptors (Lipinski definition) is 2. The molecule has 1 N–H and O–H groups in total. The Kier molecular flexibility index (Phi) is 2920. The molecule has 0 atom stereocenters. The fourth-order valence-electron chi connectivity index (χ4n) is 0. The van der Waals surface area contributed by atoms with Crippen molar-refractivity contribution in [3.8, 4) is 0 Å². The minimum absolute atomic E-state index is 0. The summed E-state index contributed by atoms with van der Waals surface area (Å²) in [5, 5.41) is 7.38. The van der Waals surface area contributed by atoms with Crippen molar-refractivity contribution in [3.63, 3.8) is 0 Å². The lowest BCUT2D eigenvalue weighted by Gasteiger charge is -1.73. The molecule has 0 amide bonds. The summed E-state index contributed by atoms with van der Waals surface area (Å²) in [4.78, 5) is 3.54.